The van der Waals surface area contributed by atoms with Gasteiger partial charge in [0.05, 0.1) is 12.1 Å². The van der Waals surface area contributed by atoms with Gasteiger partial charge in [0.15, 0.2) is 0 Å². The highest BCUT2D eigenvalue weighted by atomic mass is 16.3. The number of aliphatic hydroxyl groups excluding tert-OH is 1. The van der Waals surface area contributed by atoms with E-state index in [0.29, 0.717) is 18.8 Å². The normalized spacial score (nSPS) is 16.4. The molecule has 0 radical (unpaired) electrons. The second-order valence-electron chi connectivity index (χ2n) is 6.26. The van der Waals surface area contributed by atoms with E-state index in [1.165, 1.54) is 0 Å². The van der Waals surface area contributed by atoms with Crippen molar-refractivity contribution in [2.45, 2.75) is 18.9 Å². The van der Waals surface area contributed by atoms with Gasteiger partial charge >= 0.3 is 0 Å². The molecule has 5 nitrogen and oxygen atoms in total. The van der Waals surface area contributed by atoms with Gasteiger partial charge in [-0.25, -0.2) is 4.98 Å². The number of pyridine rings is 1. The third-order valence-corrected chi connectivity index (χ3v) is 4.60. The van der Waals surface area contributed by atoms with Crippen LogP contribution in [0.5, 0.6) is 0 Å². The zero-order valence-electron chi connectivity index (χ0n) is 13.7. The summed E-state index contributed by atoms with van der Waals surface area (Å²) in [7, 11) is 0. The predicted octanol–water partition coefficient (Wildman–Crippen LogP) is 3.27. The predicted molar refractivity (Wildman–Crippen MR) is 98.6 cm³/mol. The van der Waals surface area contributed by atoms with E-state index in [1.54, 1.807) is 0 Å². The lowest BCUT2D eigenvalue weighted by Gasteiger charge is -2.26. The topological polar surface area (TPSA) is 74.2 Å². The van der Waals surface area contributed by atoms with Crippen molar-refractivity contribution in [2.75, 3.05) is 17.2 Å². The average molecular weight is 333 g/mol. The Labute approximate surface area is 145 Å². The van der Waals surface area contributed by atoms with Gasteiger partial charge in [-0.1, -0.05) is 36.4 Å². The average Bonchev–Trinajstić information content (AvgIpc) is 2.65. The molecular weight excluding hydrogens is 314 g/mol. The van der Waals surface area contributed by atoms with E-state index >= 15 is 0 Å². The first-order valence-corrected chi connectivity index (χ1v) is 8.37. The molecule has 1 aliphatic heterocycles. The van der Waals surface area contributed by atoms with Gasteiger partial charge in [-0.15, -0.1) is 0 Å². The van der Waals surface area contributed by atoms with Gasteiger partial charge in [-0.2, -0.15) is 0 Å². The van der Waals surface area contributed by atoms with E-state index in [2.05, 4.69) is 15.6 Å². The maximum Gasteiger partial charge on any atom is 0.225 e. The number of anilines is 2. The third kappa shape index (κ3) is 3.06. The van der Waals surface area contributed by atoms with Gasteiger partial charge in [0.25, 0.3) is 0 Å². The summed E-state index contributed by atoms with van der Waals surface area (Å²) in [4.78, 5) is 16.6. The minimum atomic E-state index is -0.0814. The Morgan fingerprint density at radius 3 is 2.84 bits per heavy atom. The summed E-state index contributed by atoms with van der Waals surface area (Å²) in [5, 5.41) is 16.9. The standard InChI is InChI=1S/C20H19N3O2/c24-12-15-9-13-5-1-3-7-17(13)23-20(15)21-11-14-10-19(25)22-18-8-4-2-6-16(14)18/h1-9,14,24H,10-12H2,(H,21,23)(H,22,25)/t14-/m1/s1. The first-order valence-electron chi connectivity index (χ1n) is 8.37. The molecule has 3 aromatic rings. The fraction of sp³-hybridized carbons (Fsp3) is 0.200. The Morgan fingerprint density at radius 1 is 1.16 bits per heavy atom. The molecule has 126 valence electrons. The van der Waals surface area contributed by atoms with Crippen LogP contribution in [0.3, 0.4) is 0 Å². The maximum absolute atomic E-state index is 12.0. The van der Waals surface area contributed by atoms with E-state index < -0.39 is 0 Å². The molecule has 0 bridgehead atoms. The van der Waals surface area contributed by atoms with E-state index in [4.69, 9.17) is 0 Å². The second kappa shape index (κ2) is 6.53. The van der Waals surface area contributed by atoms with Gasteiger partial charge in [0.1, 0.15) is 5.82 Å². The lowest BCUT2D eigenvalue weighted by atomic mass is 9.90. The minimum absolute atomic E-state index is 0.0272. The molecule has 2 heterocycles. The number of carbonyl (C=O) groups is 1. The Hall–Kier alpha value is -2.92. The molecule has 0 saturated heterocycles. The van der Waals surface area contributed by atoms with Crippen LogP contribution in [0, 0.1) is 0 Å². The lowest BCUT2D eigenvalue weighted by Crippen LogP contribution is -2.27. The van der Waals surface area contributed by atoms with Gasteiger partial charge < -0.3 is 15.7 Å². The van der Waals surface area contributed by atoms with E-state index in [0.717, 1.165) is 27.7 Å². The zero-order chi connectivity index (χ0) is 17.2. The van der Waals surface area contributed by atoms with Crippen LogP contribution in [0.25, 0.3) is 10.9 Å². The van der Waals surface area contributed by atoms with Crippen LogP contribution >= 0.6 is 0 Å². The van der Waals surface area contributed by atoms with E-state index in [9.17, 15) is 9.90 Å². The zero-order valence-corrected chi connectivity index (χ0v) is 13.7. The van der Waals surface area contributed by atoms with Crippen LogP contribution in [0.2, 0.25) is 0 Å². The van der Waals surface area contributed by atoms with Crippen LogP contribution in [-0.2, 0) is 11.4 Å². The van der Waals surface area contributed by atoms with E-state index in [-0.39, 0.29) is 18.4 Å². The van der Waals surface area contributed by atoms with Crippen molar-refractivity contribution in [2.24, 2.45) is 0 Å². The maximum atomic E-state index is 12.0. The molecular formula is C20H19N3O2. The summed E-state index contributed by atoms with van der Waals surface area (Å²) < 4.78 is 0. The summed E-state index contributed by atoms with van der Waals surface area (Å²) in [6.07, 6.45) is 0.437. The van der Waals surface area contributed by atoms with Crippen molar-refractivity contribution in [1.82, 2.24) is 4.98 Å². The van der Waals surface area contributed by atoms with Crippen molar-refractivity contribution in [3.8, 4) is 0 Å². The lowest BCUT2D eigenvalue weighted by molar-refractivity contribution is -0.116. The summed E-state index contributed by atoms with van der Waals surface area (Å²) in [5.74, 6) is 0.772. The Morgan fingerprint density at radius 2 is 1.96 bits per heavy atom. The molecule has 1 atom stereocenters. The number of aromatic nitrogens is 1. The number of benzene rings is 2. The molecule has 2 aromatic carbocycles. The summed E-state index contributed by atoms with van der Waals surface area (Å²) in [6.45, 7) is 0.505. The number of hydrogen-bond donors (Lipinski definition) is 3. The number of amides is 1. The molecule has 0 unspecified atom stereocenters. The van der Waals surface area contributed by atoms with Crippen molar-refractivity contribution < 1.29 is 9.90 Å². The van der Waals surface area contributed by atoms with Gasteiger partial charge in [0.2, 0.25) is 5.91 Å². The Kier molecular flexibility index (Phi) is 4.07. The minimum Gasteiger partial charge on any atom is -0.392 e. The molecule has 0 aliphatic carbocycles. The molecule has 0 spiro atoms. The number of aliphatic hydroxyl groups is 1. The molecule has 1 amide bonds. The van der Waals surface area contributed by atoms with Gasteiger partial charge in [0, 0.05) is 35.5 Å². The Bertz CT molecular complexity index is 939. The first-order chi connectivity index (χ1) is 12.2. The fourth-order valence-corrected chi connectivity index (χ4v) is 3.34. The number of para-hydroxylation sites is 2. The van der Waals surface area contributed by atoms with Crippen LogP contribution in [-0.4, -0.2) is 22.5 Å². The first kappa shape index (κ1) is 15.6. The number of rotatable bonds is 4. The summed E-state index contributed by atoms with van der Waals surface area (Å²) in [5.41, 5.74) is 3.64. The highest BCUT2D eigenvalue weighted by Crippen LogP contribution is 2.32. The second-order valence-corrected chi connectivity index (χ2v) is 6.26. The van der Waals surface area contributed by atoms with E-state index in [1.807, 2.05) is 54.6 Å². The van der Waals surface area contributed by atoms with Gasteiger partial charge in [-0.3, -0.25) is 4.79 Å². The summed E-state index contributed by atoms with van der Waals surface area (Å²) >= 11 is 0. The van der Waals surface area contributed by atoms with Crippen molar-refractivity contribution in [3.05, 3.63) is 65.7 Å². The van der Waals surface area contributed by atoms with Crippen LogP contribution in [0.4, 0.5) is 11.5 Å². The molecule has 1 aromatic heterocycles. The smallest absolute Gasteiger partial charge is 0.225 e. The molecule has 25 heavy (non-hydrogen) atoms. The number of nitrogens with one attached hydrogen (secondary N) is 2. The molecule has 0 fully saturated rings. The SMILES string of the molecule is O=C1C[C@H](CNc2nc3ccccc3cc2CO)c2ccccc2N1. The van der Waals surface area contributed by atoms with Crippen LogP contribution in [0.15, 0.2) is 54.6 Å². The molecule has 5 heteroatoms. The summed E-state index contributed by atoms with van der Waals surface area (Å²) in [6, 6.07) is 17.6. The fourth-order valence-electron chi connectivity index (χ4n) is 3.34. The number of hydrogen-bond acceptors (Lipinski definition) is 4. The highest BCUT2D eigenvalue weighted by molar-refractivity contribution is 5.94. The van der Waals surface area contributed by atoms with Crippen molar-refractivity contribution >= 4 is 28.3 Å². The number of carbonyl (C=O) groups excluding carboxylic acids is 1. The third-order valence-electron chi connectivity index (χ3n) is 4.60. The highest BCUT2D eigenvalue weighted by Gasteiger charge is 2.24. The molecule has 4 rings (SSSR count). The monoisotopic (exact) mass is 333 g/mol. The number of fused-ring (bicyclic) bond motifs is 2. The van der Waals surface area contributed by atoms with Gasteiger partial charge in [-0.05, 0) is 23.8 Å². The molecule has 0 saturated carbocycles. The van der Waals surface area contributed by atoms with Crippen LogP contribution < -0.4 is 10.6 Å². The molecule has 3 N–H and O–H groups in total. The quantitative estimate of drug-likeness (QED) is 0.685. The van der Waals surface area contributed by atoms with Crippen LogP contribution in [0.1, 0.15) is 23.5 Å². The van der Waals surface area contributed by atoms with Crippen molar-refractivity contribution in [1.29, 1.82) is 0 Å². The molecule has 1 aliphatic rings. The largest absolute Gasteiger partial charge is 0.392 e. The number of nitrogens with zero attached hydrogens (tertiary/aromatic N) is 1. The van der Waals surface area contributed by atoms with Crippen molar-refractivity contribution in [3.63, 3.8) is 0 Å². The Balaban J connectivity index is 1.61.